The van der Waals surface area contributed by atoms with E-state index in [0.29, 0.717) is 25.5 Å². The van der Waals surface area contributed by atoms with Gasteiger partial charge >= 0.3 is 5.97 Å². The Kier molecular flexibility index (Phi) is 6.29. The highest BCUT2D eigenvalue weighted by Gasteiger charge is 2.18. The van der Waals surface area contributed by atoms with Crippen LogP contribution in [0.3, 0.4) is 0 Å². The Hall–Kier alpha value is -3.95. The van der Waals surface area contributed by atoms with E-state index in [1.165, 1.54) is 0 Å². The zero-order valence-electron chi connectivity index (χ0n) is 18.0. The lowest BCUT2D eigenvalue weighted by atomic mass is 10.2. The van der Waals surface area contributed by atoms with Crippen molar-refractivity contribution in [2.45, 2.75) is 26.8 Å². The summed E-state index contributed by atoms with van der Waals surface area (Å²) >= 11 is 0. The van der Waals surface area contributed by atoms with Crippen molar-refractivity contribution in [2.24, 2.45) is 0 Å². The number of carbonyl (C=O) groups excluding carboxylic acids is 1. The van der Waals surface area contributed by atoms with Gasteiger partial charge in [-0.05, 0) is 18.9 Å². The lowest BCUT2D eigenvalue weighted by molar-refractivity contribution is -0.141. The van der Waals surface area contributed by atoms with Crippen LogP contribution in [-0.2, 0) is 16.1 Å². The zero-order chi connectivity index (χ0) is 22.5. The quantitative estimate of drug-likeness (QED) is 0.387. The number of hydrogen-bond acceptors (Lipinski definition) is 7. The van der Waals surface area contributed by atoms with Gasteiger partial charge in [0.1, 0.15) is 12.4 Å². The van der Waals surface area contributed by atoms with E-state index in [-0.39, 0.29) is 35.2 Å². The number of benzene rings is 1. The molecule has 166 valence electrons. The molecule has 2 N–H and O–H groups in total. The predicted octanol–water partition coefficient (Wildman–Crippen LogP) is 2.34. The normalized spacial score (nSPS) is 11.1. The summed E-state index contributed by atoms with van der Waals surface area (Å²) in [7, 11) is 0. The van der Waals surface area contributed by atoms with Gasteiger partial charge in [0.25, 0.3) is 5.56 Å². The summed E-state index contributed by atoms with van der Waals surface area (Å²) in [6, 6.07) is 10.0. The molecule has 0 bridgehead atoms. The molecule has 4 aromatic rings. The van der Waals surface area contributed by atoms with Gasteiger partial charge in [-0.3, -0.25) is 19.3 Å². The standard InChI is InChI=1S/C22H25N7O3/c1-3-10-28(14-17(30)32-4-2)22-26-20-18(21(31)27-22)24-19(25-20)16-11-23-29(13-16)12-15-8-6-5-7-9-15/h5-9,11,13H,3-4,10,12,14H2,1-2H3,(H2,24,25,26,27,31). The van der Waals surface area contributed by atoms with Gasteiger partial charge in [-0.15, -0.1) is 0 Å². The maximum Gasteiger partial charge on any atom is 0.325 e. The van der Waals surface area contributed by atoms with Crippen molar-refractivity contribution in [3.63, 3.8) is 0 Å². The Morgan fingerprint density at radius 1 is 1.16 bits per heavy atom. The number of H-pyrrole nitrogens is 2. The molecule has 0 amide bonds. The highest BCUT2D eigenvalue weighted by molar-refractivity contribution is 5.77. The molecule has 0 radical (unpaired) electrons. The summed E-state index contributed by atoms with van der Waals surface area (Å²) in [5.74, 6) is 0.411. The van der Waals surface area contributed by atoms with Gasteiger partial charge in [-0.25, -0.2) is 4.98 Å². The molecule has 0 aliphatic carbocycles. The van der Waals surface area contributed by atoms with Gasteiger partial charge in [0.15, 0.2) is 11.2 Å². The number of esters is 1. The number of aromatic amines is 2. The van der Waals surface area contributed by atoms with Crippen molar-refractivity contribution in [2.75, 3.05) is 24.6 Å². The monoisotopic (exact) mass is 435 g/mol. The number of ether oxygens (including phenoxy) is 1. The van der Waals surface area contributed by atoms with Crippen LogP contribution in [0.5, 0.6) is 0 Å². The molecule has 0 aliphatic rings. The molecule has 0 saturated carbocycles. The number of hydrogen-bond donors (Lipinski definition) is 2. The Bertz CT molecular complexity index is 1260. The maximum absolute atomic E-state index is 12.7. The first-order valence-electron chi connectivity index (χ1n) is 10.5. The van der Waals surface area contributed by atoms with Crippen molar-refractivity contribution >= 4 is 23.1 Å². The third-order valence-corrected chi connectivity index (χ3v) is 4.86. The van der Waals surface area contributed by atoms with E-state index in [1.54, 1.807) is 18.0 Å². The number of aromatic nitrogens is 6. The number of rotatable bonds is 9. The number of nitrogens with zero attached hydrogens (tertiary/aromatic N) is 5. The van der Waals surface area contributed by atoms with Crippen LogP contribution in [0, 0.1) is 0 Å². The molecule has 0 fully saturated rings. The third kappa shape index (κ3) is 4.69. The fourth-order valence-corrected chi connectivity index (χ4v) is 3.42. The third-order valence-electron chi connectivity index (χ3n) is 4.86. The SMILES string of the molecule is CCCN(CC(=O)OCC)c1nc2nc(-c3cnn(Cc4ccccc4)c3)[nH]c2c(=O)[nH]1. The van der Waals surface area contributed by atoms with Crippen molar-refractivity contribution in [3.8, 4) is 11.4 Å². The number of anilines is 1. The first-order chi connectivity index (χ1) is 15.6. The van der Waals surface area contributed by atoms with Crippen LogP contribution < -0.4 is 10.5 Å². The highest BCUT2D eigenvalue weighted by atomic mass is 16.5. The van der Waals surface area contributed by atoms with Crippen LogP contribution in [0.1, 0.15) is 25.8 Å². The first-order valence-corrected chi connectivity index (χ1v) is 10.5. The molecule has 0 unspecified atom stereocenters. The summed E-state index contributed by atoms with van der Waals surface area (Å²) in [6.07, 6.45) is 4.33. The number of fused-ring (bicyclic) bond motifs is 1. The topological polar surface area (TPSA) is 122 Å². The van der Waals surface area contributed by atoms with Gasteiger partial charge in [0.05, 0.1) is 24.9 Å². The summed E-state index contributed by atoms with van der Waals surface area (Å²) < 4.78 is 6.84. The van der Waals surface area contributed by atoms with Gasteiger partial charge < -0.3 is 14.6 Å². The molecule has 4 rings (SSSR count). The summed E-state index contributed by atoms with van der Waals surface area (Å²) in [6.45, 7) is 5.19. The van der Waals surface area contributed by atoms with Crippen LogP contribution >= 0.6 is 0 Å². The number of nitrogens with one attached hydrogen (secondary N) is 2. The molecule has 0 atom stereocenters. The Balaban J connectivity index is 1.61. The van der Waals surface area contributed by atoms with E-state index >= 15 is 0 Å². The Morgan fingerprint density at radius 3 is 2.72 bits per heavy atom. The molecule has 3 heterocycles. The van der Waals surface area contributed by atoms with Gasteiger partial charge in [-0.1, -0.05) is 37.3 Å². The van der Waals surface area contributed by atoms with Crippen molar-refractivity contribution < 1.29 is 9.53 Å². The minimum atomic E-state index is -0.378. The van der Waals surface area contributed by atoms with E-state index in [1.807, 2.05) is 48.1 Å². The Labute approximate surface area is 184 Å². The molecule has 32 heavy (non-hydrogen) atoms. The molecule has 0 saturated heterocycles. The molecule has 0 aliphatic heterocycles. The molecular weight excluding hydrogens is 410 g/mol. The van der Waals surface area contributed by atoms with Crippen LogP contribution in [0.25, 0.3) is 22.6 Å². The van der Waals surface area contributed by atoms with Crippen molar-refractivity contribution in [1.29, 1.82) is 0 Å². The second kappa shape index (κ2) is 9.46. The average Bonchev–Trinajstić information content (AvgIpc) is 3.41. The number of imidazole rings is 1. The Morgan fingerprint density at radius 2 is 1.97 bits per heavy atom. The zero-order valence-corrected chi connectivity index (χ0v) is 18.0. The number of carbonyl (C=O) groups is 1. The van der Waals surface area contributed by atoms with E-state index in [0.717, 1.165) is 17.5 Å². The maximum atomic E-state index is 12.7. The second-order valence-corrected chi connectivity index (χ2v) is 7.31. The minimum absolute atomic E-state index is 0.000334. The van der Waals surface area contributed by atoms with Gasteiger partial charge in [-0.2, -0.15) is 10.1 Å². The summed E-state index contributed by atoms with van der Waals surface area (Å²) in [5, 5.41) is 4.39. The molecule has 10 heteroatoms. The van der Waals surface area contributed by atoms with Gasteiger partial charge in [0, 0.05) is 12.7 Å². The predicted molar refractivity (Wildman–Crippen MR) is 120 cm³/mol. The lowest BCUT2D eigenvalue weighted by Gasteiger charge is -2.21. The van der Waals surface area contributed by atoms with Crippen LogP contribution in [0.15, 0.2) is 47.5 Å². The van der Waals surface area contributed by atoms with Crippen LogP contribution in [-0.4, -0.2) is 55.4 Å². The molecule has 1 aromatic carbocycles. The van der Waals surface area contributed by atoms with E-state index < -0.39 is 0 Å². The minimum Gasteiger partial charge on any atom is -0.465 e. The fraction of sp³-hybridized carbons (Fsp3) is 0.318. The molecule has 10 nitrogen and oxygen atoms in total. The second-order valence-electron chi connectivity index (χ2n) is 7.31. The smallest absolute Gasteiger partial charge is 0.325 e. The molecular formula is C22H25N7O3. The van der Waals surface area contributed by atoms with Crippen molar-refractivity contribution in [3.05, 3.63) is 58.6 Å². The van der Waals surface area contributed by atoms with Crippen molar-refractivity contribution in [1.82, 2.24) is 29.7 Å². The van der Waals surface area contributed by atoms with E-state index in [4.69, 9.17) is 4.74 Å². The molecule has 0 spiro atoms. The van der Waals surface area contributed by atoms with E-state index in [2.05, 4.69) is 25.0 Å². The fourth-order valence-electron chi connectivity index (χ4n) is 3.42. The summed E-state index contributed by atoms with van der Waals surface area (Å²) in [4.78, 5) is 41.1. The van der Waals surface area contributed by atoms with Crippen LogP contribution in [0.4, 0.5) is 5.95 Å². The lowest BCUT2D eigenvalue weighted by Crippen LogP contribution is -2.34. The van der Waals surface area contributed by atoms with Gasteiger partial charge in [0.2, 0.25) is 5.95 Å². The highest BCUT2D eigenvalue weighted by Crippen LogP contribution is 2.19. The molecule has 3 aromatic heterocycles. The largest absolute Gasteiger partial charge is 0.465 e. The van der Waals surface area contributed by atoms with E-state index in [9.17, 15) is 9.59 Å². The first kappa shape index (κ1) is 21.3. The van der Waals surface area contributed by atoms with Crippen LogP contribution in [0.2, 0.25) is 0 Å². The summed E-state index contributed by atoms with van der Waals surface area (Å²) in [5.41, 5.74) is 2.07. The average molecular weight is 435 g/mol.